The Kier molecular flexibility index (Phi) is 4.97. The molecule has 1 heterocycles. The van der Waals surface area contributed by atoms with E-state index in [2.05, 4.69) is 6.58 Å². The summed E-state index contributed by atoms with van der Waals surface area (Å²) >= 11 is 0. The van der Waals surface area contributed by atoms with E-state index in [9.17, 15) is 13.2 Å². The van der Waals surface area contributed by atoms with E-state index in [0.29, 0.717) is 18.0 Å². The molecule has 3 rings (SSSR count). The normalized spacial score (nSPS) is 28.1. The summed E-state index contributed by atoms with van der Waals surface area (Å²) in [5, 5.41) is 0. The molecule has 0 bridgehead atoms. The SMILES string of the molecule is C=C(C(C)C)[C@@H]1C(=O)/C(=C/C)C2CN(S(=O)(=O)c3ccc(C)cc3)CC21. The Morgan fingerprint density at radius 1 is 1.23 bits per heavy atom. The molecule has 3 atom stereocenters. The molecule has 1 aromatic rings. The fraction of sp³-hybridized carbons (Fsp3) is 0.476. The first-order chi connectivity index (χ1) is 12.2. The van der Waals surface area contributed by atoms with E-state index in [0.717, 1.165) is 16.7 Å². The predicted molar refractivity (Wildman–Crippen MR) is 103 cm³/mol. The summed E-state index contributed by atoms with van der Waals surface area (Å²) in [6.07, 6.45) is 1.86. The molecular weight excluding hydrogens is 346 g/mol. The number of ketones is 1. The van der Waals surface area contributed by atoms with Crippen LogP contribution in [0, 0.1) is 30.6 Å². The summed E-state index contributed by atoms with van der Waals surface area (Å²) in [4.78, 5) is 13.2. The van der Waals surface area contributed by atoms with E-state index in [-0.39, 0.29) is 29.5 Å². The topological polar surface area (TPSA) is 54.5 Å². The van der Waals surface area contributed by atoms with Crippen LogP contribution in [0.1, 0.15) is 26.3 Å². The van der Waals surface area contributed by atoms with Crippen LogP contribution >= 0.6 is 0 Å². The summed E-state index contributed by atoms with van der Waals surface area (Å²) < 4.78 is 27.7. The molecule has 1 aliphatic heterocycles. The van der Waals surface area contributed by atoms with Crippen LogP contribution in [0.2, 0.25) is 0 Å². The van der Waals surface area contributed by atoms with Gasteiger partial charge in [-0.2, -0.15) is 4.31 Å². The Labute approximate surface area is 156 Å². The summed E-state index contributed by atoms with van der Waals surface area (Å²) in [7, 11) is -3.55. The van der Waals surface area contributed by atoms with Gasteiger partial charge in [0.1, 0.15) is 0 Å². The van der Waals surface area contributed by atoms with Crippen LogP contribution in [-0.2, 0) is 14.8 Å². The summed E-state index contributed by atoms with van der Waals surface area (Å²) in [5.74, 6) is 0.0126. The predicted octanol–water partition coefficient (Wildman–Crippen LogP) is 3.59. The fourth-order valence-corrected chi connectivity index (χ4v) is 5.73. The van der Waals surface area contributed by atoms with Crippen LogP contribution in [0.5, 0.6) is 0 Å². The zero-order chi connectivity index (χ0) is 19.2. The highest BCUT2D eigenvalue weighted by Crippen LogP contribution is 2.48. The number of aryl methyl sites for hydroxylation is 1. The number of hydrogen-bond acceptors (Lipinski definition) is 3. The molecule has 5 heteroatoms. The number of rotatable bonds is 4. The number of fused-ring (bicyclic) bond motifs is 1. The van der Waals surface area contributed by atoms with E-state index < -0.39 is 10.0 Å². The van der Waals surface area contributed by atoms with E-state index in [4.69, 9.17) is 0 Å². The van der Waals surface area contributed by atoms with Crippen molar-refractivity contribution in [3.63, 3.8) is 0 Å². The van der Waals surface area contributed by atoms with Crippen LogP contribution in [-0.4, -0.2) is 31.6 Å². The molecular formula is C21H27NO3S. The van der Waals surface area contributed by atoms with Crippen LogP contribution in [0.4, 0.5) is 0 Å². The number of benzene rings is 1. The summed E-state index contributed by atoms with van der Waals surface area (Å²) in [6.45, 7) is 12.8. The lowest BCUT2D eigenvalue weighted by Gasteiger charge is -2.23. The number of hydrogen-bond donors (Lipinski definition) is 0. The lowest BCUT2D eigenvalue weighted by molar-refractivity contribution is -0.117. The first-order valence-electron chi connectivity index (χ1n) is 9.14. The number of carbonyl (C=O) groups is 1. The minimum Gasteiger partial charge on any atom is -0.294 e. The first-order valence-corrected chi connectivity index (χ1v) is 10.6. The average molecular weight is 374 g/mol. The van der Waals surface area contributed by atoms with Gasteiger partial charge in [-0.1, -0.05) is 49.8 Å². The molecule has 0 aromatic heterocycles. The first kappa shape index (κ1) is 19.1. The Morgan fingerprint density at radius 2 is 1.85 bits per heavy atom. The number of carbonyl (C=O) groups excluding carboxylic acids is 1. The van der Waals surface area contributed by atoms with Crippen molar-refractivity contribution in [2.24, 2.45) is 23.7 Å². The maximum atomic E-state index is 13.1. The van der Waals surface area contributed by atoms with E-state index >= 15 is 0 Å². The minimum atomic E-state index is -3.55. The van der Waals surface area contributed by atoms with Gasteiger partial charge in [0.05, 0.1) is 4.90 Å². The second-order valence-corrected chi connectivity index (χ2v) is 9.66. The Hall–Kier alpha value is -1.72. The molecule has 0 spiro atoms. The number of allylic oxidation sites excluding steroid dienone is 2. The summed E-state index contributed by atoms with van der Waals surface area (Å²) in [6, 6.07) is 6.94. The molecule has 0 radical (unpaired) electrons. The van der Waals surface area contributed by atoms with Gasteiger partial charge in [0.15, 0.2) is 5.78 Å². The van der Waals surface area contributed by atoms with Gasteiger partial charge in [-0.25, -0.2) is 8.42 Å². The standard InChI is InChI=1S/C21H27NO3S/c1-6-17-18-11-22(26(24,25)16-9-7-14(4)8-10-16)12-19(18)20(21(17)23)15(5)13(2)3/h6-10,13,18-20H,5,11-12H2,1-4H3/b17-6+/t18?,19?,20-/m0/s1. The molecule has 0 amide bonds. The van der Waals surface area contributed by atoms with Crippen molar-refractivity contribution in [1.82, 2.24) is 4.31 Å². The van der Waals surface area contributed by atoms with Gasteiger partial charge >= 0.3 is 0 Å². The Morgan fingerprint density at radius 3 is 2.38 bits per heavy atom. The van der Waals surface area contributed by atoms with Crippen molar-refractivity contribution < 1.29 is 13.2 Å². The maximum Gasteiger partial charge on any atom is 0.243 e. The molecule has 1 saturated heterocycles. The highest BCUT2D eigenvalue weighted by molar-refractivity contribution is 7.89. The van der Waals surface area contributed by atoms with E-state index in [1.807, 2.05) is 45.9 Å². The monoisotopic (exact) mass is 373 g/mol. The van der Waals surface area contributed by atoms with Crippen LogP contribution < -0.4 is 0 Å². The zero-order valence-corrected chi connectivity index (χ0v) is 16.7. The van der Waals surface area contributed by atoms with E-state index in [1.54, 1.807) is 16.4 Å². The smallest absolute Gasteiger partial charge is 0.243 e. The van der Waals surface area contributed by atoms with Crippen molar-refractivity contribution in [3.8, 4) is 0 Å². The second-order valence-electron chi connectivity index (χ2n) is 7.72. The highest BCUT2D eigenvalue weighted by Gasteiger charge is 2.53. The maximum absolute atomic E-state index is 13.1. The molecule has 0 N–H and O–H groups in total. The van der Waals surface area contributed by atoms with Gasteiger partial charge in [-0.15, -0.1) is 0 Å². The highest BCUT2D eigenvalue weighted by atomic mass is 32.2. The van der Waals surface area contributed by atoms with Crippen molar-refractivity contribution in [1.29, 1.82) is 0 Å². The molecule has 2 fully saturated rings. The van der Waals surface area contributed by atoms with E-state index in [1.165, 1.54) is 0 Å². The number of Topliss-reactive ketones (excluding diaryl/α,β-unsaturated/α-hetero) is 1. The molecule has 2 unspecified atom stereocenters. The van der Waals surface area contributed by atoms with Gasteiger partial charge in [0.25, 0.3) is 0 Å². The molecule has 1 aromatic carbocycles. The van der Waals surface area contributed by atoms with Gasteiger partial charge in [0.2, 0.25) is 10.0 Å². The van der Waals surface area contributed by atoms with Gasteiger partial charge < -0.3 is 0 Å². The lowest BCUT2D eigenvalue weighted by atomic mass is 9.82. The molecule has 4 nitrogen and oxygen atoms in total. The second kappa shape index (κ2) is 6.78. The molecule has 1 saturated carbocycles. The molecule has 26 heavy (non-hydrogen) atoms. The van der Waals surface area contributed by atoms with Gasteiger partial charge in [-0.05, 0) is 43.4 Å². The van der Waals surface area contributed by atoms with Crippen molar-refractivity contribution in [3.05, 3.63) is 53.6 Å². The fourth-order valence-electron chi connectivity index (χ4n) is 4.23. The van der Waals surface area contributed by atoms with Crippen LogP contribution in [0.15, 0.2) is 53.0 Å². The quantitative estimate of drug-likeness (QED) is 0.599. The number of nitrogens with zero attached hydrogens (tertiary/aromatic N) is 1. The third kappa shape index (κ3) is 2.97. The van der Waals surface area contributed by atoms with Crippen molar-refractivity contribution in [2.45, 2.75) is 32.6 Å². The zero-order valence-electron chi connectivity index (χ0n) is 15.9. The molecule has 2 aliphatic rings. The van der Waals surface area contributed by atoms with Crippen LogP contribution in [0.3, 0.4) is 0 Å². The Balaban J connectivity index is 1.94. The third-order valence-corrected chi connectivity index (χ3v) is 7.68. The molecule has 1 aliphatic carbocycles. The van der Waals surface area contributed by atoms with Crippen LogP contribution in [0.25, 0.3) is 0 Å². The van der Waals surface area contributed by atoms with Gasteiger partial charge in [0, 0.05) is 24.9 Å². The molecule has 140 valence electrons. The largest absolute Gasteiger partial charge is 0.294 e. The third-order valence-electron chi connectivity index (χ3n) is 5.84. The number of sulfonamides is 1. The van der Waals surface area contributed by atoms with Gasteiger partial charge in [-0.3, -0.25) is 4.79 Å². The summed E-state index contributed by atoms with van der Waals surface area (Å²) in [5.41, 5.74) is 2.71. The average Bonchev–Trinajstić information content (AvgIpc) is 3.11. The minimum absolute atomic E-state index is 0.0103. The van der Waals surface area contributed by atoms with Crippen molar-refractivity contribution >= 4 is 15.8 Å². The van der Waals surface area contributed by atoms with Crippen molar-refractivity contribution in [2.75, 3.05) is 13.1 Å². The Bertz CT molecular complexity index is 865. The lowest BCUT2D eigenvalue weighted by Crippen LogP contribution is -2.32.